The molecule has 122 valence electrons. The maximum Gasteiger partial charge on any atom is 0.278 e. The molecule has 0 fully saturated rings. The SMILES string of the molecule is CCCN(CCC)C(=O)c1nn(-c2ccccc2)c(C)cc1=O. The van der Waals surface area contributed by atoms with Crippen LogP contribution in [-0.4, -0.2) is 33.7 Å². The zero-order valence-electron chi connectivity index (χ0n) is 14.0. The fraction of sp³-hybridized carbons (Fsp3) is 0.389. The summed E-state index contributed by atoms with van der Waals surface area (Å²) in [5.41, 5.74) is 1.20. The van der Waals surface area contributed by atoms with Crippen molar-refractivity contribution in [1.82, 2.24) is 14.7 Å². The molecule has 0 aliphatic heterocycles. The van der Waals surface area contributed by atoms with Crippen LogP contribution in [0.4, 0.5) is 0 Å². The van der Waals surface area contributed by atoms with Gasteiger partial charge in [0.25, 0.3) is 5.91 Å². The molecule has 0 saturated carbocycles. The van der Waals surface area contributed by atoms with Crippen molar-refractivity contribution < 1.29 is 4.79 Å². The van der Waals surface area contributed by atoms with E-state index in [0.717, 1.165) is 18.5 Å². The number of para-hydroxylation sites is 1. The number of aryl methyl sites for hydroxylation is 1. The van der Waals surface area contributed by atoms with Crippen molar-refractivity contribution in [1.29, 1.82) is 0 Å². The van der Waals surface area contributed by atoms with E-state index in [4.69, 9.17) is 0 Å². The lowest BCUT2D eigenvalue weighted by atomic mass is 10.2. The maximum atomic E-state index is 12.7. The first-order valence-corrected chi connectivity index (χ1v) is 8.04. The predicted molar refractivity (Wildman–Crippen MR) is 91.1 cm³/mol. The highest BCUT2D eigenvalue weighted by Crippen LogP contribution is 2.09. The van der Waals surface area contributed by atoms with Crippen LogP contribution in [0, 0.1) is 6.92 Å². The van der Waals surface area contributed by atoms with E-state index in [-0.39, 0.29) is 17.0 Å². The van der Waals surface area contributed by atoms with Crippen LogP contribution in [0.3, 0.4) is 0 Å². The third kappa shape index (κ3) is 3.86. The summed E-state index contributed by atoms with van der Waals surface area (Å²) in [5, 5.41) is 4.34. The summed E-state index contributed by atoms with van der Waals surface area (Å²) in [6, 6.07) is 11.0. The number of benzene rings is 1. The summed E-state index contributed by atoms with van der Waals surface area (Å²) in [5.74, 6) is -0.289. The Morgan fingerprint density at radius 2 is 1.74 bits per heavy atom. The van der Waals surface area contributed by atoms with Crippen molar-refractivity contribution in [3.63, 3.8) is 0 Å². The van der Waals surface area contributed by atoms with E-state index < -0.39 is 0 Å². The van der Waals surface area contributed by atoms with Crippen LogP contribution in [0.5, 0.6) is 0 Å². The van der Waals surface area contributed by atoms with Crippen LogP contribution < -0.4 is 5.43 Å². The van der Waals surface area contributed by atoms with E-state index in [0.29, 0.717) is 18.8 Å². The minimum Gasteiger partial charge on any atom is -0.337 e. The van der Waals surface area contributed by atoms with E-state index >= 15 is 0 Å². The predicted octanol–water partition coefficient (Wildman–Crippen LogP) is 2.80. The fourth-order valence-electron chi connectivity index (χ4n) is 2.53. The van der Waals surface area contributed by atoms with E-state index in [1.165, 1.54) is 6.07 Å². The van der Waals surface area contributed by atoms with Gasteiger partial charge in [-0.25, -0.2) is 4.68 Å². The highest BCUT2D eigenvalue weighted by atomic mass is 16.2. The molecule has 0 N–H and O–H groups in total. The molecule has 0 saturated heterocycles. The molecule has 0 radical (unpaired) electrons. The van der Waals surface area contributed by atoms with Gasteiger partial charge in [0.2, 0.25) is 5.43 Å². The third-order valence-corrected chi connectivity index (χ3v) is 3.59. The van der Waals surface area contributed by atoms with Crippen molar-refractivity contribution in [2.75, 3.05) is 13.1 Å². The summed E-state index contributed by atoms with van der Waals surface area (Å²) in [6.07, 6.45) is 1.70. The number of rotatable bonds is 6. The van der Waals surface area contributed by atoms with E-state index in [1.807, 2.05) is 51.1 Å². The molecule has 0 bridgehead atoms. The van der Waals surface area contributed by atoms with Gasteiger partial charge >= 0.3 is 0 Å². The Balaban J connectivity index is 2.46. The molecule has 1 aromatic heterocycles. The summed E-state index contributed by atoms with van der Waals surface area (Å²) < 4.78 is 1.64. The second-order valence-corrected chi connectivity index (χ2v) is 5.54. The lowest BCUT2D eigenvalue weighted by Crippen LogP contribution is -2.37. The van der Waals surface area contributed by atoms with Crippen LogP contribution in [0.1, 0.15) is 42.9 Å². The second-order valence-electron chi connectivity index (χ2n) is 5.54. The van der Waals surface area contributed by atoms with Gasteiger partial charge in [-0.05, 0) is 31.9 Å². The van der Waals surface area contributed by atoms with Gasteiger partial charge < -0.3 is 4.90 Å². The van der Waals surface area contributed by atoms with Gasteiger partial charge in [-0.2, -0.15) is 5.10 Å². The highest BCUT2D eigenvalue weighted by molar-refractivity contribution is 5.92. The molecule has 0 aliphatic rings. The van der Waals surface area contributed by atoms with Crippen molar-refractivity contribution >= 4 is 5.91 Å². The molecular weight excluding hydrogens is 290 g/mol. The Bertz CT molecular complexity index is 717. The number of hydrogen-bond acceptors (Lipinski definition) is 3. The fourth-order valence-corrected chi connectivity index (χ4v) is 2.53. The standard InChI is InChI=1S/C18H23N3O2/c1-4-11-20(12-5-2)18(23)17-16(22)13-14(3)21(19-17)15-9-7-6-8-10-15/h6-10,13H,4-5,11-12H2,1-3H3. The molecular formula is C18H23N3O2. The lowest BCUT2D eigenvalue weighted by molar-refractivity contribution is 0.0746. The highest BCUT2D eigenvalue weighted by Gasteiger charge is 2.20. The minimum atomic E-state index is -0.322. The number of amides is 1. The van der Waals surface area contributed by atoms with Crippen LogP contribution in [0.15, 0.2) is 41.2 Å². The quantitative estimate of drug-likeness (QED) is 0.824. The molecule has 1 heterocycles. The van der Waals surface area contributed by atoms with Gasteiger partial charge in [0, 0.05) is 24.8 Å². The van der Waals surface area contributed by atoms with Gasteiger partial charge in [0.15, 0.2) is 5.69 Å². The van der Waals surface area contributed by atoms with E-state index in [1.54, 1.807) is 9.58 Å². The van der Waals surface area contributed by atoms with Gasteiger partial charge in [-0.1, -0.05) is 32.0 Å². The first kappa shape index (κ1) is 16.9. The average molecular weight is 313 g/mol. The van der Waals surface area contributed by atoms with Crippen molar-refractivity contribution in [3.05, 3.63) is 58.0 Å². The summed E-state index contributed by atoms with van der Waals surface area (Å²) in [4.78, 5) is 26.6. The zero-order chi connectivity index (χ0) is 16.8. The van der Waals surface area contributed by atoms with Crippen molar-refractivity contribution in [2.24, 2.45) is 0 Å². The Morgan fingerprint density at radius 3 is 2.30 bits per heavy atom. The Morgan fingerprint density at radius 1 is 1.13 bits per heavy atom. The van der Waals surface area contributed by atoms with E-state index in [2.05, 4.69) is 5.10 Å². The minimum absolute atomic E-state index is 0.0126. The summed E-state index contributed by atoms with van der Waals surface area (Å²) in [6.45, 7) is 7.10. The molecule has 2 rings (SSSR count). The van der Waals surface area contributed by atoms with Crippen LogP contribution in [-0.2, 0) is 0 Å². The number of carbonyl (C=O) groups is 1. The largest absolute Gasteiger partial charge is 0.337 e. The summed E-state index contributed by atoms with van der Waals surface area (Å²) >= 11 is 0. The Hall–Kier alpha value is -2.43. The van der Waals surface area contributed by atoms with Crippen LogP contribution in [0.25, 0.3) is 5.69 Å². The number of hydrogen-bond donors (Lipinski definition) is 0. The second kappa shape index (κ2) is 7.72. The van der Waals surface area contributed by atoms with Crippen LogP contribution >= 0.6 is 0 Å². The molecule has 0 atom stereocenters. The maximum absolute atomic E-state index is 12.7. The molecule has 5 nitrogen and oxygen atoms in total. The topological polar surface area (TPSA) is 55.2 Å². The van der Waals surface area contributed by atoms with Crippen molar-refractivity contribution in [2.45, 2.75) is 33.6 Å². The van der Waals surface area contributed by atoms with Gasteiger partial charge in [0.1, 0.15) is 0 Å². The average Bonchev–Trinajstić information content (AvgIpc) is 2.55. The summed E-state index contributed by atoms with van der Waals surface area (Å²) in [7, 11) is 0. The third-order valence-electron chi connectivity index (χ3n) is 3.59. The molecule has 1 aromatic carbocycles. The molecule has 0 spiro atoms. The Kier molecular flexibility index (Phi) is 5.68. The van der Waals surface area contributed by atoms with Crippen molar-refractivity contribution in [3.8, 4) is 5.69 Å². The first-order valence-electron chi connectivity index (χ1n) is 8.04. The molecule has 1 amide bonds. The number of aromatic nitrogens is 2. The monoisotopic (exact) mass is 313 g/mol. The molecule has 2 aromatic rings. The number of nitrogens with zero attached hydrogens (tertiary/aromatic N) is 3. The van der Waals surface area contributed by atoms with Gasteiger partial charge in [-0.15, -0.1) is 0 Å². The Labute approximate surface area is 136 Å². The normalized spacial score (nSPS) is 10.6. The molecule has 23 heavy (non-hydrogen) atoms. The van der Waals surface area contributed by atoms with Gasteiger partial charge in [-0.3, -0.25) is 9.59 Å². The zero-order valence-corrected chi connectivity index (χ0v) is 14.0. The van der Waals surface area contributed by atoms with Gasteiger partial charge in [0.05, 0.1) is 5.69 Å². The number of carbonyl (C=O) groups excluding carboxylic acids is 1. The van der Waals surface area contributed by atoms with E-state index in [9.17, 15) is 9.59 Å². The van der Waals surface area contributed by atoms with Crippen LogP contribution in [0.2, 0.25) is 0 Å². The first-order chi connectivity index (χ1) is 11.1. The molecule has 0 aliphatic carbocycles. The smallest absolute Gasteiger partial charge is 0.278 e. The lowest BCUT2D eigenvalue weighted by Gasteiger charge is -2.21. The molecule has 5 heteroatoms. The molecule has 0 unspecified atom stereocenters.